The van der Waals surface area contributed by atoms with E-state index in [9.17, 15) is 27.6 Å². The van der Waals surface area contributed by atoms with Crippen LogP contribution in [0.4, 0.5) is 18.9 Å². The van der Waals surface area contributed by atoms with Gasteiger partial charge in [0, 0.05) is 46.9 Å². The molecule has 3 atom stereocenters. The molecular weight excluding hydrogens is 579 g/mol. The van der Waals surface area contributed by atoms with E-state index in [1.54, 1.807) is 0 Å². The van der Waals surface area contributed by atoms with Crippen molar-refractivity contribution >= 4 is 29.1 Å². The molecular formula is C29H27ClF3N3O6. The van der Waals surface area contributed by atoms with Crippen LogP contribution in [-0.2, 0) is 32.0 Å². The predicted octanol–water partition coefficient (Wildman–Crippen LogP) is 4.26. The Bertz CT molecular complexity index is 1540. The number of anilines is 1. The Morgan fingerprint density at radius 3 is 2.45 bits per heavy atom. The van der Waals surface area contributed by atoms with Crippen LogP contribution in [0.5, 0.6) is 0 Å². The molecule has 2 aromatic carbocycles. The second-order valence-electron chi connectivity index (χ2n) is 10.1. The molecule has 0 aliphatic carbocycles. The normalized spacial score (nSPS) is 19.5. The average molecular weight is 606 g/mol. The molecule has 2 amide bonds. The van der Waals surface area contributed by atoms with E-state index in [4.69, 9.17) is 31.5 Å². The van der Waals surface area contributed by atoms with E-state index in [2.05, 4.69) is 5.32 Å². The SMILES string of the molecule is NC(=O)c1ccc(NC(=O)[C@H](C[C@@H]2COCCO2)n2cc3c(cc2=O)-c2cc(Cl)ccc2C[C@@H](C(F)(F)F)OC3)cc1. The minimum atomic E-state index is -4.63. The highest BCUT2D eigenvalue weighted by molar-refractivity contribution is 6.30. The van der Waals surface area contributed by atoms with Gasteiger partial charge in [-0.3, -0.25) is 14.4 Å². The summed E-state index contributed by atoms with van der Waals surface area (Å²) >= 11 is 6.20. The lowest BCUT2D eigenvalue weighted by Crippen LogP contribution is -2.39. The molecule has 3 heterocycles. The number of alkyl halides is 3. The number of pyridine rings is 1. The van der Waals surface area contributed by atoms with Crippen molar-refractivity contribution in [2.24, 2.45) is 5.73 Å². The van der Waals surface area contributed by atoms with Gasteiger partial charge in [-0.2, -0.15) is 13.2 Å². The van der Waals surface area contributed by atoms with Crippen LogP contribution >= 0.6 is 11.6 Å². The number of primary amides is 1. The number of carbonyl (C=O) groups is 2. The molecule has 1 saturated heterocycles. The molecule has 1 aromatic heterocycles. The number of halogens is 4. The highest BCUT2D eigenvalue weighted by atomic mass is 35.5. The van der Waals surface area contributed by atoms with Gasteiger partial charge in [-0.15, -0.1) is 0 Å². The Labute approximate surface area is 243 Å². The Morgan fingerprint density at radius 1 is 1.05 bits per heavy atom. The van der Waals surface area contributed by atoms with Crippen molar-refractivity contribution in [3.8, 4) is 11.1 Å². The van der Waals surface area contributed by atoms with Gasteiger partial charge in [-0.25, -0.2) is 0 Å². The molecule has 0 radical (unpaired) electrons. The maximum Gasteiger partial charge on any atom is 0.414 e. The molecule has 0 saturated carbocycles. The number of hydrogen-bond donors (Lipinski definition) is 2. The third-order valence-electron chi connectivity index (χ3n) is 7.18. The number of fused-ring (bicyclic) bond motifs is 3. The second kappa shape index (κ2) is 12.3. The average Bonchev–Trinajstić information content (AvgIpc) is 2.94. The number of aromatic nitrogens is 1. The summed E-state index contributed by atoms with van der Waals surface area (Å²) < 4.78 is 59.1. The molecule has 0 unspecified atom stereocenters. The summed E-state index contributed by atoms with van der Waals surface area (Å²) in [5.41, 5.74) is 6.66. The smallest absolute Gasteiger partial charge is 0.376 e. The number of benzene rings is 2. The van der Waals surface area contributed by atoms with Gasteiger partial charge in [0.05, 0.1) is 32.5 Å². The van der Waals surface area contributed by atoms with Gasteiger partial charge in [-0.1, -0.05) is 17.7 Å². The van der Waals surface area contributed by atoms with Crippen molar-refractivity contribution in [3.05, 3.63) is 86.8 Å². The number of nitrogens with two attached hydrogens (primary N) is 1. The molecule has 1 fully saturated rings. The van der Waals surface area contributed by atoms with E-state index >= 15 is 0 Å². The van der Waals surface area contributed by atoms with Gasteiger partial charge in [0.1, 0.15) is 6.04 Å². The molecule has 5 rings (SSSR count). The predicted molar refractivity (Wildman–Crippen MR) is 147 cm³/mol. The molecule has 42 heavy (non-hydrogen) atoms. The summed E-state index contributed by atoms with van der Waals surface area (Å²) in [7, 11) is 0. The van der Waals surface area contributed by atoms with Gasteiger partial charge in [0.15, 0.2) is 6.10 Å². The van der Waals surface area contributed by atoms with E-state index in [0.29, 0.717) is 40.6 Å². The third-order valence-corrected chi connectivity index (χ3v) is 7.42. The van der Waals surface area contributed by atoms with Crippen molar-refractivity contribution < 1.29 is 37.0 Å². The molecule has 222 valence electrons. The lowest BCUT2D eigenvalue weighted by molar-refractivity contribution is -0.223. The summed E-state index contributed by atoms with van der Waals surface area (Å²) in [5, 5.41) is 3.03. The third kappa shape index (κ3) is 6.67. The minimum absolute atomic E-state index is 0.0400. The lowest BCUT2D eigenvalue weighted by atomic mass is 9.92. The van der Waals surface area contributed by atoms with Crippen molar-refractivity contribution in [1.29, 1.82) is 0 Å². The number of amides is 2. The van der Waals surface area contributed by atoms with Crippen LogP contribution in [0.2, 0.25) is 5.02 Å². The summed E-state index contributed by atoms with van der Waals surface area (Å²) in [4.78, 5) is 38.6. The van der Waals surface area contributed by atoms with E-state index in [0.717, 1.165) is 0 Å². The summed E-state index contributed by atoms with van der Waals surface area (Å²) in [6, 6.07) is 10.5. The van der Waals surface area contributed by atoms with Gasteiger partial charge in [0.2, 0.25) is 11.8 Å². The van der Waals surface area contributed by atoms with Crippen molar-refractivity contribution in [1.82, 2.24) is 4.57 Å². The van der Waals surface area contributed by atoms with Crippen LogP contribution in [0.15, 0.2) is 59.5 Å². The first-order chi connectivity index (χ1) is 20.0. The fourth-order valence-electron chi connectivity index (χ4n) is 5.05. The number of hydrogen-bond acceptors (Lipinski definition) is 6. The largest absolute Gasteiger partial charge is 0.414 e. The molecule has 0 spiro atoms. The van der Waals surface area contributed by atoms with E-state index < -0.39 is 54.8 Å². The Morgan fingerprint density at radius 2 is 1.79 bits per heavy atom. The highest BCUT2D eigenvalue weighted by Crippen LogP contribution is 2.37. The monoisotopic (exact) mass is 605 g/mol. The van der Waals surface area contributed by atoms with Crippen molar-refractivity contribution in [3.63, 3.8) is 0 Å². The molecule has 3 aromatic rings. The Hall–Kier alpha value is -3.71. The summed E-state index contributed by atoms with van der Waals surface area (Å²) in [6.07, 6.45) is -6.29. The highest BCUT2D eigenvalue weighted by Gasteiger charge is 2.42. The molecule has 2 aliphatic heterocycles. The topological polar surface area (TPSA) is 122 Å². The van der Waals surface area contributed by atoms with Crippen LogP contribution in [0.3, 0.4) is 0 Å². The maximum atomic E-state index is 13.8. The van der Waals surface area contributed by atoms with E-state index in [-0.39, 0.29) is 24.2 Å². The number of ether oxygens (including phenoxy) is 3. The zero-order chi connectivity index (χ0) is 30.0. The van der Waals surface area contributed by atoms with Crippen LogP contribution in [0.1, 0.15) is 33.9 Å². The van der Waals surface area contributed by atoms with E-state index in [1.807, 2.05) is 0 Å². The summed E-state index contributed by atoms with van der Waals surface area (Å²) in [6.45, 7) is 0.422. The Balaban J connectivity index is 1.55. The zero-order valence-electron chi connectivity index (χ0n) is 22.2. The molecule has 9 nitrogen and oxygen atoms in total. The fraction of sp³-hybridized carbons (Fsp3) is 0.345. The lowest BCUT2D eigenvalue weighted by Gasteiger charge is -2.29. The van der Waals surface area contributed by atoms with Gasteiger partial charge in [0.25, 0.3) is 5.56 Å². The standard InChI is InChI=1S/C29H27ClF3N3O6/c30-19-4-1-17-9-25(29(31,32)33)42-14-18-13-36(26(37)12-23(18)22(17)10-19)24(11-21-15-40-7-8-41-21)28(39)35-20-5-2-16(3-6-20)27(34)38/h1-6,10,12-13,21,24-25H,7-9,11,14-15H2,(H2,34,38)(H,35,39)/t21-,24+,25+/m1/s1. The number of nitrogens with zero attached hydrogens (tertiary/aromatic N) is 1. The zero-order valence-corrected chi connectivity index (χ0v) is 22.9. The minimum Gasteiger partial charge on any atom is -0.376 e. The number of rotatable bonds is 6. The van der Waals surface area contributed by atoms with Crippen LogP contribution < -0.4 is 16.6 Å². The van der Waals surface area contributed by atoms with Crippen LogP contribution in [-0.4, -0.2) is 54.6 Å². The van der Waals surface area contributed by atoms with E-state index in [1.165, 1.54) is 59.3 Å². The Kier molecular flexibility index (Phi) is 8.69. The van der Waals surface area contributed by atoms with Gasteiger partial charge >= 0.3 is 6.18 Å². The van der Waals surface area contributed by atoms with Gasteiger partial charge in [-0.05, 0) is 53.1 Å². The molecule has 3 N–H and O–H groups in total. The number of nitrogens with one attached hydrogen (secondary N) is 1. The first-order valence-corrected chi connectivity index (χ1v) is 13.5. The van der Waals surface area contributed by atoms with Crippen LogP contribution in [0.25, 0.3) is 11.1 Å². The molecule has 0 bridgehead atoms. The first-order valence-electron chi connectivity index (χ1n) is 13.1. The molecule has 13 heteroatoms. The van der Waals surface area contributed by atoms with Gasteiger partial charge < -0.3 is 29.8 Å². The quantitative estimate of drug-likeness (QED) is 0.433. The van der Waals surface area contributed by atoms with Crippen molar-refractivity contribution in [2.45, 2.75) is 43.9 Å². The van der Waals surface area contributed by atoms with Crippen molar-refractivity contribution in [2.75, 3.05) is 25.1 Å². The van der Waals surface area contributed by atoms with Crippen LogP contribution in [0, 0.1) is 0 Å². The fourth-order valence-corrected chi connectivity index (χ4v) is 5.22. The maximum absolute atomic E-state index is 13.8. The first kappa shape index (κ1) is 29.8. The second-order valence-corrected chi connectivity index (χ2v) is 10.5. The summed E-state index contributed by atoms with van der Waals surface area (Å²) in [5.74, 6) is -1.22. The number of carbonyl (C=O) groups excluding carboxylic acids is 2. The molecule has 2 aliphatic rings.